The van der Waals surface area contributed by atoms with E-state index in [1.54, 1.807) is 13.0 Å². The molecule has 0 spiro atoms. The van der Waals surface area contributed by atoms with Crippen molar-refractivity contribution in [2.45, 2.75) is 32.8 Å². The van der Waals surface area contributed by atoms with E-state index in [0.717, 1.165) is 26.0 Å². The lowest BCUT2D eigenvalue weighted by Gasteiger charge is -2.17. The smallest absolute Gasteiger partial charge is 0.290 e. The minimum atomic E-state index is -0.413. The van der Waals surface area contributed by atoms with Crippen molar-refractivity contribution < 1.29 is 9.66 Å². The summed E-state index contributed by atoms with van der Waals surface area (Å²) >= 11 is 0. The van der Waals surface area contributed by atoms with Crippen molar-refractivity contribution in [3.63, 3.8) is 0 Å². The van der Waals surface area contributed by atoms with Gasteiger partial charge < -0.3 is 10.1 Å². The topological polar surface area (TPSA) is 77.3 Å². The molecule has 2 atom stereocenters. The fourth-order valence-corrected chi connectivity index (χ4v) is 2.45. The third kappa shape index (κ3) is 3.20. The maximum Gasteiger partial charge on any atom is 0.290 e. The average Bonchev–Trinajstić information content (AvgIpc) is 2.83. The molecule has 0 aliphatic carbocycles. The second-order valence-corrected chi connectivity index (χ2v) is 4.86. The van der Waals surface area contributed by atoms with E-state index in [0.29, 0.717) is 23.4 Å². The number of nitro groups is 1. The molecule has 0 bridgehead atoms. The largest absolute Gasteiger partial charge is 0.378 e. The molecular formula is C13H19N3O3. The van der Waals surface area contributed by atoms with Crippen LogP contribution in [0, 0.1) is 23.0 Å². The van der Waals surface area contributed by atoms with Crippen LogP contribution in [0.25, 0.3) is 0 Å². The minimum absolute atomic E-state index is 0.0567. The molecule has 19 heavy (non-hydrogen) atoms. The Kier molecular flexibility index (Phi) is 4.31. The Morgan fingerprint density at radius 1 is 1.63 bits per heavy atom. The first-order valence-corrected chi connectivity index (χ1v) is 6.58. The molecule has 2 rings (SSSR count). The number of ether oxygens (including phenoxy) is 1. The summed E-state index contributed by atoms with van der Waals surface area (Å²) in [7, 11) is 0. The van der Waals surface area contributed by atoms with Gasteiger partial charge in [0.25, 0.3) is 5.69 Å². The highest BCUT2D eigenvalue weighted by atomic mass is 16.6. The number of hydrogen-bond donors (Lipinski definition) is 1. The van der Waals surface area contributed by atoms with Crippen LogP contribution >= 0.6 is 0 Å². The second-order valence-electron chi connectivity index (χ2n) is 4.86. The Hall–Kier alpha value is -1.69. The van der Waals surface area contributed by atoms with Crippen molar-refractivity contribution in [2.75, 3.05) is 18.5 Å². The summed E-state index contributed by atoms with van der Waals surface area (Å²) < 4.78 is 5.63. The van der Waals surface area contributed by atoms with Crippen LogP contribution in [-0.2, 0) is 4.74 Å². The first kappa shape index (κ1) is 13.7. The van der Waals surface area contributed by atoms with E-state index >= 15 is 0 Å². The van der Waals surface area contributed by atoms with E-state index in [1.165, 1.54) is 6.20 Å². The average molecular weight is 265 g/mol. The van der Waals surface area contributed by atoms with Gasteiger partial charge in [-0.05, 0) is 25.8 Å². The van der Waals surface area contributed by atoms with Crippen molar-refractivity contribution in [2.24, 2.45) is 5.92 Å². The molecule has 6 heteroatoms. The molecule has 2 heterocycles. The number of pyridine rings is 1. The minimum Gasteiger partial charge on any atom is -0.378 e. The Balaban J connectivity index is 1.96. The summed E-state index contributed by atoms with van der Waals surface area (Å²) in [6.45, 7) is 5.45. The van der Waals surface area contributed by atoms with Crippen molar-refractivity contribution in [3.05, 3.63) is 27.9 Å². The Morgan fingerprint density at radius 3 is 3.05 bits per heavy atom. The summed E-state index contributed by atoms with van der Waals surface area (Å²) in [5.41, 5.74) is 0.679. The predicted molar refractivity (Wildman–Crippen MR) is 72.3 cm³/mol. The predicted octanol–water partition coefficient (Wildman–Crippen LogP) is 2.53. The highest BCUT2D eigenvalue weighted by Crippen LogP contribution is 2.24. The molecule has 1 saturated heterocycles. The molecule has 6 nitrogen and oxygen atoms in total. The maximum atomic E-state index is 10.7. The molecule has 104 valence electrons. The molecule has 1 N–H and O–H groups in total. The number of anilines is 1. The number of rotatable bonds is 5. The summed E-state index contributed by atoms with van der Waals surface area (Å²) in [6, 6.07) is 1.72. The molecule has 0 radical (unpaired) electrons. The Morgan fingerprint density at radius 2 is 2.42 bits per heavy atom. The van der Waals surface area contributed by atoms with Crippen LogP contribution in [0.3, 0.4) is 0 Å². The van der Waals surface area contributed by atoms with Gasteiger partial charge >= 0.3 is 0 Å². The summed E-state index contributed by atoms with van der Waals surface area (Å²) in [6.07, 6.45) is 3.68. The number of hydrogen-bond acceptors (Lipinski definition) is 5. The Bertz CT molecular complexity index is 464. The van der Waals surface area contributed by atoms with E-state index in [2.05, 4.69) is 17.2 Å². The van der Waals surface area contributed by atoms with Gasteiger partial charge in [-0.25, -0.2) is 4.98 Å². The van der Waals surface area contributed by atoms with Crippen molar-refractivity contribution in [3.8, 4) is 0 Å². The van der Waals surface area contributed by atoms with Crippen molar-refractivity contribution in [1.82, 2.24) is 4.98 Å². The van der Waals surface area contributed by atoms with Crippen LogP contribution in [0.2, 0.25) is 0 Å². The number of aromatic nitrogens is 1. The molecule has 1 aliphatic rings. The molecule has 0 aromatic carbocycles. The summed E-state index contributed by atoms with van der Waals surface area (Å²) in [5, 5.41) is 14.0. The third-order valence-corrected chi connectivity index (χ3v) is 3.57. The zero-order valence-electron chi connectivity index (χ0n) is 11.3. The molecule has 0 amide bonds. The Labute approximate surface area is 112 Å². The van der Waals surface area contributed by atoms with Crippen LogP contribution in [0.5, 0.6) is 0 Å². The molecular weight excluding hydrogens is 246 g/mol. The molecule has 0 saturated carbocycles. The lowest BCUT2D eigenvalue weighted by Crippen LogP contribution is -2.23. The second kappa shape index (κ2) is 5.97. The first-order valence-electron chi connectivity index (χ1n) is 6.58. The third-order valence-electron chi connectivity index (χ3n) is 3.57. The molecule has 1 aliphatic heterocycles. The van der Waals surface area contributed by atoms with Gasteiger partial charge in [0.2, 0.25) is 0 Å². The molecule has 1 aromatic heterocycles. The van der Waals surface area contributed by atoms with Crippen LogP contribution in [0.15, 0.2) is 12.3 Å². The van der Waals surface area contributed by atoms with Gasteiger partial charge in [-0.3, -0.25) is 10.1 Å². The lowest BCUT2D eigenvalue weighted by atomic mass is 10.00. The first-order chi connectivity index (χ1) is 9.11. The monoisotopic (exact) mass is 265 g/mol. The summed E-state index contributed by atoms with van der Waals surface area (Å²) in [5.74, 6) is 1.17. The zero-order chi connectivity index (χ0) is 13.8. The van der Waals surface area contributed by atoms with Gasteiger partial charge in [-0.1, -0.05) is 6.92 Å². The van der Waals surface area contributed by atoms with Gasteiger partial charge in [0.15, 0.2) is 0 Å². The van der Waals surface area contributed by atoms with Gasteiger partial charge in [0.05, 0.1) is 11.0 Å². The van der Waals surface area contributed by atoms with E-state index in [9.17, 15) is 10.1 Å². The lowest BCUT2D eigenvalue weighted by molar-refractivity contribution is -0.385. The van der Waals surface area contributed by atoms with Gasteiger partial charge in [-0.2, -0.15) is 0 Å². The van der Waals surface area contributed by atoms with Gasteiger partial charge in [-0.15, -0.1) is 0 Å². The maximum absolute atomic E-state index is 10.7. The van der Waals surface area contributed by atoms with Gasteiger partial charge in [0.1, 0.15) is 12.0 Å². The molecule has 1 aromatic rings. The normalized spacial score (nSPS) is 22.4. The van der Waals surface area contributed by atoms with Crippen molar-refractivity contribution >= 4 is 11.5 Å². The highest BCUT2D eigenvalue weighted by molar-refractivity contribution is 5.46. The van der Waals surface area contributed by atoms with E-state index < -0.39 is 4.92 Å². The van der Waals surface area contributed by atoms with Gasteiger partial charge in [0, 0.05) is 24.6 Å². The van der Waals surface area contributed by atoms with Crippen LogP contribution in [0.1, 0.15) is 25.3 Å². The van der Waals surface area contributed by atoms with Crippen LogP contribution in [-0.4, -0.2) is 29.2 Å². The SMILES string of the molecule is CCC1OCCC1CNc1cc(C)c([N+](=O)[O-])cn1. The number of nitrogens with one attached hydrogen (secondary N) is 1. The summed E-state index contributed by atoms with van der Waals surface area (Å²) in [4.78, 5) is 14.4. The van der Waals surface area contributed by atoms with Crippen molar-refractivity contribution in [1.29, 1.82) is 0 Å². The quantitative estimate of drug-likeness (QED) is 0.654. The molecule has 1 fully saturated rings. The van der Waals surface area contributed by atoms with Crippen LogP contribution in [0.4, 0.5) is 11.5 Å². The molecule has 2 unspecified atom stereocenters. The fraction of sp³-hybridized carbons (Fsp3) is 0.615. The van der Waals surface area contributed by atoms with E-state index in [1.807, 2.05) is 0 Å². The fourth-order valence-electron chi connectivity index (χ4n) is 2.45. The number of aryl methyl sites for hydroxylation is 1. The van der Waals surface area contributed by atoms with Crippen LogP contribution < -0.4 is 5.32 Å². The highest BCUT2D eigenvalue weighted by Gasteiger charge is 2.26. The zero-order valence-corrected chi connectivity index (χ0v) is 11.3. The number of nitrogens with zero attached hydrogens (tertiary/aromatic N) is 2. The standard InChI is InChI=1S/C13H19N3O3/c1-3-12-10(4-5-19-12)7-14-13-6-9(2)11(8-15-13)16(17)18/h6,8,10,12H,3-5,7H2,1-2H3,(H,14,15). The van der Waals surface area contributed by atoms with E-state index in [4.69, 9.17) is 4.74 Å². The van der Waals surface area contributed by atoms with E-state index in [-0.39, 0.29) is 5.69 Å².